The Labute approximate surface area is 214 Å². The van der Waals surface area contributed by atoms with Gasteiger partial charge in [-0.05, 0) is 58.7 Å². The molecule has 0 aliphatic carbocycles. The Morgan fingerprint density at radius 3 is 2.54 bits per heavy atom. The average Bonchev–Trinajstić information content (AvgIpc) is 3.37. The van der Waals surface area contributed by atoms with Gasteiger partial charge in [0.25, 0.3) is 0 Å². The van der Waals surface area contributed by atoms with Crippen LogP contribution < -0.4 is 14.9 Å². The molecule has 184 valence electrons. The van der Waals surface area contributed by atoms with Crippen molar-refractivity contribution in [2.24, 2.45) is 5.10 Å². The van der Waals surface area contributed by atoms with E-state index in [-0.39, 0.29) is 5.76 Å². The molecule has 0 spiro atoms. The van der Waals surface area contributed by atoms with E-state index in [1.807, 2.05) is 54.6 Å². The fourth-order valence-electron chi connectivity index (χ4n) is 4.18. The van der Waals surface area contributed by atoms with Gasteiger partial charge in [0.05, 0.1) is 13.3 Å². The van der Waals surface area contributed by atoms with Gasteiger partial charge in [0, 0.05) is 10.9 Å². The number of carbonyl (C=O) groups excluding carboxylic acids is 1. The van der Waals surface area contributed by atoms with E-state index in [4.69, 9.17) is 13.9 Å². The summed E-state index contributed by atoms with van der Waals surface area (Å²) in [6.45, 7) is 4.27. The molecule has 0 aliphatic rings. The molecule has 0 bridgehead atoms. The molecule has 1 aromatic heterocycles. The van der Waals surface area contributed by atoms with E-state index >= 15 is 0 Å². The molecule has 0 unspecified atom stereocenters. The molecule has 0 radical (unpaired) electrons. The number of allylic oxidation sites excluding steroid dienone is 1. The van der Waals surface area contributed by atoms with Crippen LogP contribution in [-0.4, -0.2) is 19.2 Å². The molecule has 0 atom stereocenters. The lowest BCUT2D eigenvalue weighted by Gasteiger charge is -2.16. The largest absolute Gasteiger partial charge is 0.493 e. The fourth-order valence-corrected chi connectivity index (χ4v) is 4.18. The quantitative estimate of drug-likeness (QED) is 0.142. The summed E-state index contributed by atoms with van der Waals surface area (Å²) < 4.78 is 17.5. The van der Waals surface area contributed by atoms with Gasteiger partial charge in [-0.3, -0.25) is 4.79 Å². The average molecular weight is 491 g/mol. The second-order valence-corrected chi connectivity index (χ2v) is 8.52. The molecule has 0 saturated carbocycles. The van der Waals surface area contributed by atoms with E-state index in [9.17, 15) is 4.79 Å². The van der Waals surface area contributed by atoms with Crippen LogP contribution in [0.3, 0.4) is 0 Å². The Kier molecular flexibility index (Phi) is 6.99. The lowest BCUT2D eigenvalue weighted by atomic mass is 10.1. The van der Waals surface area contributed by atoms with Crippen molar-refractivity contribution < 1.29 is 18.7 Å². The van der Waals surface area contributed by atoms with Crippen molar-refractivity contribution in [1.29, 1.82) is 0 Å². The lowest BCUT2D eigenvalue weighted by molar-refractivity contribution is 0.0929. The first kappa shape index (κ1) is 23.9. The van der Waals surface area contributed by atoms with Crippen LogP contribution in [0.2, 0.25) is 0 Å². The fraction of sp³-hybridized carbons (Fsp3) is 0.0968. The molecule has 37 heavy (non-hydrogen) atoms. The number of nitrogens with zero attached hydrogens (tertiary/aromatic N) is 1. The molecular formula is C31H26N2O4. The van der Waals surface area contributed by atoms with E-state index < -0.39 is 5.91 Å². The van der Waals surface area contributed by atoms with Crippen molar-refractivity contribution in [2.75, 3.05) is 7.11 Å². The Bertz CT molecular complexity index is 1580. The number of fused-ring (bicyclic) bond motifs is 2. The van der Waals surface area contributed by atoms with Gasteiger partial charge < -0.3 is 13.9 Å². The Morgan fingerprint density at radius 1 is 0.973 bits per heavy atom. The minimum absolute atomic E-state index is 0.195. The third kappa shape index (κ3) is 5.38. The summed E-state index contributed by atoms with van der Waals surface area (Å²) >= 11 is 0. The van der Waals surface area contributed by atoms with Crippen molar-refractivity contribution in [3.63, 3.8) is 0 Å². The number of ether oxygens (including phenoxy) is 2. The predicted molar refractivity (Wildman–Crippen MR) is 146 cm³/mol. The van der Waals surface area contributed by atoms with Gasteiger partial charge in [-0.15, -0.1) is 6.58 Å². The smallest absolute Gasteiger partial charge is 0.307 e. The Balaban J connectivity index is 1.32. The molecule has 5 aromatic rings. The van der Waals surface area contributed by atoms with Crippen LogP contribution in [0.15, 0.2) is 107 Å². The van der Waals surface area contributed by atoms with Gasteiger partial charge >= 0.3 is 5.91 Å². The number of para-hydroxylation sites is 1. The number of nitrogens with one attached hydrogen (secondary N) is 1. The predicted octanol–water partition coefficient (Wildman–Crippen LogP) is 6.67. The van der Waals surface area contributed by atoms with E-state index in [1.165, 1.54) is 5.39 Å². The molecule has 5 rings (SSSR count). The maximum absolute atomic E-state index is 12.5. The third-order valence-electron chi connectivity index (χ3n) is 5.96. The van der Waals surface area contributed by atoms with Crippen LogP contribution in [0, 0.1) is 0 Å². The van der Waals surface area contributed by atoms with Crippen molar-refractivity contribution in [1.82, 2.24) is 5.43 Å². The number of carbonyl (C=O) groups is 1. The minimum Gasteiger partial charge on any atom is -0.493 e. The summed E-state index contributed by atoms with van der Waals surface area (Å²) in [5.74, 6) is 0.992. The number of hydrogen-bond acceptors (Lipinski definition) is 5. The number of amides is 1. The molecule has 0 aliphatic heterocycles. The minimum atomic E-state index is -0.430. The first-order chi connectivity index (χ1) is 18.1. The van der Waals surface area contributed by atoms with Crippen molar-refractivity contribution in [3.8, 4) is 11.5 Å². The zero-order valence-corrected chi connectivity index (χ0v) is 20.4. The number of furan rings is 1. The highest BCUT2D eigenvalue weighted by Crippen LogP contribution is 2.34. The molecule has 0 saturated heterocycles. The molecule has 4 aromatic carbocycles. The van der Waals surface area contributed by atoms with Crippen LogP contribution in [0.1, 0.15) is 27.2 Å². The highest BCUT2D eigenvalue weighted by molar-refractivity contribution is 5.96. The van der Waals surface area contributed by atoms with Crippen LogP contribution in [0.25, 0.3) is 21.7 Å². The van der Waals surface area contributed by atoms with Crippen LogP contribution in [-0.2, 0) is 13.0 Å². The van der Waals surface area contributed by atoms with Crippen LogP contribution in [0.4, 0.5) is 0 Å². The summed E-state index contributed by atoms with van der Waals surface area (Å²) in [6.07, 6.45) is 3.95. The first-order valence-electron chi connectivity index (χ1n) is 11.9. The summed E-state index contributed by atoms with van der Waals surface area (Å²) in [5.41, 5.74) is 5.87. The van der Waals surface area contributed by atoms with Gasteiger partial charge in [0.15, 0.2) is 17.3 Å². The van der Waals surface area contributed by atoms with Gasteiger partial charge in [-0.2, -0.15) is 5.10 Å². The zero-order valence-electron chi connectivity index (χ0n) is 20.4. The van der Waals surface area contributed by atoms with Gasteiger partial charge in [0.2, 0.25) is 0 Å². The molecular weight excluding hydrogens is 464 g/mol. The highest BCUT2D eigenvalue weighted by atomic mass is 16.5. The van der Waals surface area contributed by atoms with Gasteiger partial charge in [-0.25, -0.2) is 5.43 Å². The topological polar surface area (TPSA) is 73.1 Å². The summed E-state index contributed by atoms with van der Waals surface area (Å²) in [5, 5.41) is 7.32. The Hall–Kier alpha value is -4.84. The maximum Gasteiger partial charge on any atom is 0.307 e. The first-order valence-corrected chi connectivity index (χ1v) is 11.9. The van der Waals surface area contributed by atoms with Gasteiger partial charge in [0.1, 0.15) is 12.2 Å². The second-order valence-electron chi connectivity index (χ2n) is 8.52. The molecule has 0 fully saturated rings. The van der Waals surface area contributed by atoms with Crippen LogP contribution >= 0.6 is 0 Å². The normalized spacial score (nSPS) is 11.2. The molecule has 1 heterocycles. The molecule has 1 amide bonds. The molecule has 6 nitrogen and oxygen atoms in total. The number of methoxy groups -OCH3 is 1. The molecule has 6 heteroatoms. The summed E-state index contributed by atoms with van der Waals surface area (Å²) in [4.78, 5) is 12.5. The highest BCUT2D eigenvalue weighted by Gasteiger charge is 2.14. The van der Waals surface area contributed by atoms with E-state index in [0.29, 0.717) is 30.1 Å². The number of benzene rings is 4. The maximum atomic E-state index is 12.5. The van der Waals surface area contributed by atoms with Crippen molar-refractivity contribution >= 4 is 33.9 Å². The monoisotopic (exact) mass is 490 g/mol. The molecule has 1 N–H and O–H groups in total. The Morgan fingerprint density at radius 2 is 1.76 bits per heavy atom. The third-order valence-corrected chi connectivity index (χ3v) is 5.96. The summed E-state index contributed by atoms with van der Waals surface area (Å²) in [7, 11) is 1.60. The SMILES string of the molecule is C=CCc1cc(/C=N/NC(=O)c2cc3ccccc3o2)cc(OC)c1OCc1ccc2ccccc2c1. The van der Waals surface area contributed by atoms with E-state index in [2.05, 4.69) is 47.4 Å². The van der Waals surface area contributed by atoms with E-state index in [1.54, 1.807) is 19.4 Å². The van der Waals surface area contributed by atoms with E-state index in [0.717, 1.165) is 27.5 Å². The number of hydrogen-bond donors (Lipinski definition) is 1. The van der Waals surface area contributed by atoms with Gasteiger partial charge in [-0.1, -0.05) is 60.7 Å². The lowest BCUT2D eigenvalue weighted by Crippen LogP contribution is -2.16. The second kappa shape index (κ2) is 10.8. The number of rotatable bonds is 9. The zero-order chi connectivity index (χ0) is 25.6. The summed E-state index contributed by atoms with van der Waals surface area (Å²) in [6, 6.07) is 27.4. The van der Waals surface area contributed by atoms with Crippen molar-refractivity contribution in [3.05, 3.63) is 120 Å². The van der Waals surface area contributed by atoms with Crippen molar-refractivity contribution in [2.45, 2.75) is 13.0 Å². The van der Waals surface area contributed by atoms with Crippen LogP contribution in [0.5, 0.6) is 11.5 Å². The standard InChI is InChI=1S/C31H26N2O4/c1-3-8-26-16-22(19-32-33-31(34)29-18-25-11-6-7-12-27(25)37-29)17-28(35-2)30(26)36-20-21-13-14-23-9-4-5-10-24(23)15-21/h3-7,9-19H,1,8,20H2,2H3,(H,33,34)/b32-19+. The number of hydrazone groups is 1.